The summed E-state index contributed by atoms with van der Waals surface area (Å²) in [5.41, 5.74) is 4.56. The van der Waals surface area contributed by atoms with Crippen molar-refractivity contribution in [3.05, 3.63) is 122 Å². The maximum atomic E-state index is 13.9. The molecule has 1 aliphatic rings. The lowest BCUT2D eigenvalue weighted by atomic mass is 9.72. The van der Waals surface area contributed by atoms with Gasteiger partial charge in [0.2, 0.25) is 0 Å². The maximum absolute atomic E-state index is 13.9. The van der Waals surface area contributed by atoms with Crippen LogP contribution in [0.1, 0.15) is 59.1 Å². The molecule has 224 valence electrons. The second-order valence-electron chi connectivity index (χ2n) is 12.3. The first kappa shape index (κ1) is 30.4. The Labute approximate surface area is 272 Å². The van der Waals surface area contributed by atoms with Gasteiger partial charge in [-0.05, 0) is 95.0 Å². The third-order valence-corrected chi connectivity index (χ3v) is 10.0. The molecule has 0 unspecified atom stereocenters. The molecule has 0 aliphatic heterocycles. The Balaban J connectivity index is 1.39. The molecular formula is C37H34Cl2N2O2S. The van der Waals surface area contributed by atoms with Crippen molar-refractivity contribution in [3.8, 4) is 5.75 Å². The summed E-state index contributed by atoms with van der Waals surface area (Å²) in [4.78, 5) is 20.1. The predicted octanol–water partition coefficient (Wildman–Crippen LogP) is 10.9. The Morgan fingerprint density at radius 2 is 1.68 bits per heavy atom. The van der Waals surface area contributed by atoms with E-state index in [1.165, 1.54) is 4.88 Å². The minimum atomic E-state index is -0.150. The summed E-state index contributed by atoms with van der Waals surface area (Å²) >= 11 is 13.8. The summed E-state index contributed by atoms with van der Waals surface area (Å²) in [5, 5.41) is 7.24. The van der Waals surface area contributed by atoms with Crippen LogP contribution >= 0.6 is 34.5 Å². The summed E-state index contributed by atoms with van der Waals surface area (Å²) in [6.45, 7) is 7.30. The Hall–Kier alpha value is -3.64. The minimum absolute atomic E-state index is 0.150. The number of thiophene rings is 1. The molecule has 4 aromatic carbocycles. The Bertz CT molecular complexity index is 1840. The van der Waals surface area contributed by atoms with Crippen molar-refractivity contribution in [2.24, 2.45) is 16.3 Å². The Kier molecular flexibility index (Phi) is 8.82. The van der Waals surface area contributed by atoms with Gasteiger partial charge in [-0.1, -0.05) is 86.4 Å². The molecule has 0 spiro atoms. The van der Waals surface area contributed by atoms with Gasteiger partial charge >= 0.3 is 0 Å². The van der Waals surface area contributed by atoms with E-state index < -0.39 is 0 Å². The van der Waals surface area contributed by atoms with Crippen LogP contribution in [0, 0.1) is 11.3 Å². The van der Waals surface area contributed by atoms with Crippen LogP contribution in [0.3, 0.4) is 0 Å². The fourth-order valence-corrected chi connectivity index (χ4v) is 7.28. The van der Waals surface area contributed by atoms with Gasteiger partial charge in [0.05, 0.1) is 5.56 Å². The van der Waals surface area contributed by atoms with Gasteiger partial charge in [-0.15, -0.1) is 11.3 Å². The molecule has 1 atom stereocenters. The second kappa shape index (κ2) is 12.8. The number of nitrogens with zero attached hydrogens (tertiary/aromatic N) is 1. The van der Waals surface area contributed by atoms with Crippen molar-refractivity contribution in [3.63, 3.8) is 0 Å². The molecular weight excluding hydrogens is 607 g/mol. The van der Waals surface area contributed by atoms with E-state index in [4.69, 9.17) is 32.9 Å². The van der Waals surface area contributed by atoms with Crippen LogP contribution in [0.5, 0.6) is 5.75 Å². The highest BCUT2D eigenvalue weighted by Crippen LogP contribution is 2.45. The number of hydrogen-bond acceptors (Lipinski definition) is 4. The van der Waals surface area contributed by atoms with Crippen LogP contribution in [0.15, 0.2) is 89.9 Å². The van der Waals surface area contributed by atoms with E-state index in [-0.39, 0.29) is 11.3 Å². The molecule has 0 saturated heterocycles. The van der Waals surface area contributed by atoms with E-state index in [2.05, 4.69) is 44.3 Å². The van der Waals surface area contributed by atoms with Gasteiger partial charge in [-0.2, -0.15) is 0 Å². The normalized spacial score (nSPS) is 15.0. The van der Waals surface area contributed by atoms with E-state index in [0.29, 0.717) is 38.8 Å². The first-order chi connectivity index (χ1) is 21.2. The highest BCUT2D eigenvalue weighted by molar-refractivity contribution is 7.16. The van der Waals surface area contributed by atoms with Gasteiger partial charge in [-0.3, -0.25) is 4.79 Å². The first-order valence-electron chi connectivity index (χ1n) is 14.8. The lowest BCUT2D eigenvalue weighted by molar-refractivity contribution is 0.102. The van der Waals surface area contributed by atoms with Crippen LogP contribution in [-0.4, -0.2) is 12.1 Å². The van der Waals surface area contributed by atoms with Crippen LogP contribution in [0.25, 0.3) is 10.8 Å². The molecule has 1 N–H and O–H groups in total. The van der Waals surface area contributed by atoms with Gasteiger partial charge < -0.3 is 10.1 Å². The van der Waals surface area contributed by atoms with Crippen molar-refractivity contribution < 1.29 is 9.53 Å². The number of hydrogen-bond donors (Lipinski definition) is 1. The number of anilines is 1. The summed E-state index contributed by atoms with van der Waals surface area (Å²) in [5.74, 6) is 1.12. The number of rotatable bonds is 7. The monoisotopic (exact) mass is 640 g/mol. The molecule has 5 aromatic rings. The first-order valence-corrected chi connectivity index (χ1v) is 16.4. The lowest BCUT2D eigenvalue weighted by Crippen LogP contribution is -2.27. The van der Waals surface area contributed by atoms with Crippen molar-refractivity contribution in [2.75, 3.05) is 5.32 Å². The summed E-state index contributed by atoms with van der Waals surface area (Å²) in [6, 6.07) is 27.1. The lowest BCUT2D eigenvalue weighted by Gasteiger charge is -2.33. The molecule has 0 radical (unpaired) electrons. The average Bonchev–Trinajstić information content (AvgIpc) is 3.38. The zero-order valence-electron chi connectivity index (χ0n) is 25.0. The Morgan fingerprint density at radius 1 is 0.977 bits per heavy atom. The molecule has 1 amide bonds. The summed E-state index contributed by atoms with van der Waals surface area (Å²) in [6.07, 6.45) is 4.71. The number of nitrogens with one attached hydrogen (secondary N) is 1. The minimum Gasteiger partial charge on any atom is -0.488 e. The summed E-state index contributed by atoms with van der Waals surface area (Å²) < 4.78 is 6.34. The molecule has 1 aromatic heterocycles. The van der Waals surface area contributed by atoms with Gasteiger partial charge in [0.15, 0.2) is 0 Å². The van der Waals surface area contributed by atoms with Crippen molar-refractivity contribution in [1.29, 1.82) is 0 Å². The predicted molar refractivity (Wildman–Crippen MR) is 186 cm³/mol. The molecule has 44 heavy (non-hydrogen) atoms. The molecule has 6 rings (SSSR count). The number of carbonyl (C=O) groups excluding carboxylic acids is 1. The van der Waals surface area contributed by atoms with E-state index in [0.717, 1.165) is 52.5 Å². The zero-order chi connectivity index (χ0) is 30.8. The van der Waals surface area contributed by atoms with Crippen molar-refractivity contribution in [1.82, 2.24) is 0 Å². The number of amides is 1. The maximum Gasteiger partial charge on any atom is 0.259 e. The number of halogens is 2. The third kappa shape index (κ3) is 6.71. The van der Waals surface area contributed by atoms with E-state index in [9.17, 15) is 4.79 Å². The van der Waals surface area contributed by atoms with Gasteiger partial charge in [0, 0.05) is 32.4 Å². The number of benzene rings is 4. The number of carbonyl (C=O) groups is 1. The number of fused-ring (bicyclic) bond motifs is 2. The highest BCUT2D eigenvalue weighted by Gasteiger charge is 2.33. The van der Waals surface area contributed by atoms with Gasteiger partial charge in [0.25, 0.3) is 5.91 Å². The van der Waals surface area contributed by atoms with E-state index in [1.54, 1.807) is 23.5 Å². The largest absolute Gasteiger partial charge is 0.488 e. The molecule has 0 fully saturated rings. The molecule has 7 heteroatoms. The molecule has 4 nitrogen and oxygen atoms in total. The van der Waals surface area contributed by atoms with E-state index >= 15 is 0 Å². The number of ether oxygens (including phenoxy) is 1. The van der Waals surface area contributed by atoms with Gasteiger partial charge in [0.1, 0.15) is 17.4 Å². The van der Waals surface area contributed by atoms with Crippen LogP contribution in [0.2, 0.25) is 10.0 Å². The van der Waals surface area contributed by atoms with Crippen molar-refractivity contribution >= 4 is 68.1 Å². The van der Waals surface area contributed by atoms with Crippen LogP contribution in [0.4, 0.5) is 10.7 Å². The average molecular weight is 642 g/mol. The molecule has 1 heterocycles. The van der Waals surface area contributed by atoms with Crippen LogP contribution in [-0.2, 0) is 19.4 Å². The Morgan fingerprint density at radius 3 is 2.41 bits per heavy atom. The van der Waals surface area contributed by atoms with Gasteiger partial charge in [-0.25, -0.2) is 4.99 Å². The standard InChI is InChI=1S/C37H34Cl2N2O2S/c1-37(2,3)25-11-18-30-33(20-25)44-36(34(30)35(42)41-28-16-14-27(39)15-17-28)40-21-31-29-7-5-4-6-24(29)10-19-32(31)43-22-23-8-12-26(38)13-9-23/h4-10,12-17,19,21,25H,11,18,20,22H2,1-3H3,(H,41,42)/t25-/m1/s1. The third-order valence-electron chi connectivity index (χ3n) is 8.35. The second-order valence-corrected chi connectivity index (χ2v) is 14.3. The highest BCUT2D eigenvalue weighted by atomic mass is 35.5. The quantitative estimate of drug-likeness (QED) is 0.180. The number of aliphatic imine (C=N–C) groups is 1. The SMILES string of the molecule is CC(C)(C)[C@@H]1CCc2c(sc(N=Cc3c(OCc4ccc(Cl)cc4)ccc4ccccc34)c2C(=O)Nc2ccc(Cl)cc2)C1. The summed E-state index contributed by atoms with van der Waals surface area (Å²) in [7, 11) is 0. The zero-order valence-corrected chi connectivity index (χ0v) is 27.3. The fourth-order valence-electron chi connectivity index (χ4n) is 5.76. The molecule has 0 bridgehead atoms. The fraction of sp³-hybridized carbons (Fsp3) is 0.243. The van der Waals surface area contributed by atoms with Crippen LogP contribution < -0.4 is 10.1 Å². The smallest absolute Gasteiger partial charge is 0.259 e. The molecule has 0 saturated carbocycles. The molecule has 1 aliphatic carbocycles. The van der Waals surface area contributed by atoms with E-state index in [1.807, 2.05) is 60.8 Å². The van der Waals surface area contributed by atoms with Crippen molar-refractivity contribution in [2.45, 2.75) is 46.6 Å². The topological polar surface area (TPSA) is 50.7 Å².